The van der Waals surface area contributed by atoms with Crippen molar-refractivity contribution < 1.29 is 19.0 Å². The van der Waals surface area contributed by atoms with Crippen molar-refractivity contribution in [2.75, 3.05) is 12.4 Å². The minimum absolute atomic E-state index is 0.0487. The molecule has 0 radical (unpaired) electrons. The number of nitrogens with one attached hydrogen (secondary N) is 1. The minimum Gasteiger partial charge on any atom is -0.496 e. The molecule has 2 rings (SSSR count). The number of ether oxygens (including phenoxy) is 1. The second-order valence-corrected chi connectivity index (χ2v) is 3.92. The number of carbonyl (C=O) groups excluding carboxylic acids is 1. The fourth-order valence-corrected chi connectivity index (χ4v) is 1.55. The number of benzene rings is 1. The highest BCUT2D eigenvalue weighted by Crippen LogP contribution is 2.29. The van der Waals surface area contributed by atoms with Gasteiger partial charge in [-0.1, -0.05) is 5.16 Å². The van der Waals surface area contributed by atoms with E-state index in [1.165, 1.54) is 31.4 Å². The zero-order valence-corrected chi connectivity index (χ0v) is 10.7. The van der Waals surface area contributed by atoms with Crippen LogP contribution in [0, 0.1) is 17.0 Å². The normalized spacial score (nSPS) is 10.1. The number of nitro groups is 1. The minimum atomic E-state index is -0.605. The van der Waals surface area contributed by atoms with Crippen LogP contribution < -0.4 is 10.1 Å². The van der Waals surface area contributed by atoms with E-state index >= 15 is 0 Å². The Morgan fingerprint density at radius 2 is 2.20 bits per heavy atom. The number of aryl methyl sites for hydroxylation is 1. The second kappa shape index (κ2) is 5.39. The molecule has 1 amide bonds. The summed E-state index contributed by atoms with van der Waals surface area (Å²) in [4.78, 5) is 22.2. The van der Waals surface area contributed by atoms with E-state index in [0.29, 0.717) is 11.5 Å². The van der Waals surface area contributed by atoms with Crippen molar-refractivity contribution in [3.8, 4) is 5.75 Å². The van der Waals surface area contributed by atoms with Gasteiger partial charge in [-0.15, -0.1) is 0 Å². The fraction of sp³-hybridized carbons (Fsp3) is 0.167. The summed E-state index contributed by atoms with van der Waals surface area (Å²) in [7, 11) is 1.40. The lowest BCUT2D eigenvalue weighted by Gasteiger charge is -2.06. The van der Waals surface area contributed by atoms with Crippen molar-refractivity contribution in [2.24, 2.45) is 0 Å². The number of anilines is 1. The van der Waals surface area contributed by atoms with Gasteiger partial charge in [0.05, 0.1) is 18.1 Å². The highest BCUT2D eigenvalue weighted by atomic mass is 16.6. The number of methoxy groups -OCH3 is 1. The van der Waals surface area contributed by atoms with E-state index in [4.69, 9.17) is 9.26 Å². The summed E-state index contributed by atoms with van der Waals surface area (Å²) in [5.74, 6) is 0.210. The summed E-state index contributed by atoms with van der Waals surface area (Å²) >= 11 is 0. The molecule has 104 valence electrons. The molecule has 0 spiro atoms. The molecule has 0 unspecified atom stereocenters. The van der Waals surface area contributed by atoms with Crippen molar-refractivity contribution in [2.45, 2.75) is 6.92 Å². The third-order valence-electron chi connectivity index (χ3n) is 2.51. The molecule has 8 nitrogen and oxygen atoms in total. The van der Waals surface area contributed by atoms with Gasteiger partial charge in [-0.05, 0) is 19.1 Å². The Bertz CT molecular complexity index is 665. The van der Waals surface area contributed by atoms with E-state index in [1.807, 2.05) is 0 Å². The van der Waals surface area contributed by atoms with Crippen LogP contribution in [0.1, 0.15) is 16.2 Å². The van der Waals surface area contributed by atoms with Crippen LogP contribution in [0.3, 0.4) is 0 Å². The summed E-state index contributed by atoms with van der Waals surface area (Å²) < 4.78 is 9.68. The SMILES string of the molecule is COc1ccc(NC(=O)c2cc(C)on2)c([N+](=O)[O-])c1. The molecule has 0 aliphatic carbocycles. The molecular formula is C12H11N3O5. The molecule has 0 aliphatic rings. The molecule has 20 heavy (non-hydrogen) atoms. The number of hydrogen-bond acceptors (Lipinski definition) is 6. The number of carbonyl (C=O) groups is 1. The topological polar surface area (TPSA) is 108 Å². The number of amides is 1. The third-order valence-corrected chi connectivity index (χ3v) is 2.51. The number of nitro benzene ring substituents is 1. The molecule has 0 saturated carbocycles. The van der Waals surface area contributed by atoms with Crippen molar-refractivity contribution in [1.82, 2.24) is 5.16 Å². The van der Waals surface area contributed by atoms with Crippen LogP contribution in [0.5, 0.6) is 5.75 Å². The van der Waals surface area contributed by atoms with E-state index in [9.17, 15) is 14.9 Å². The summed E-state index contributed by atoms with van der Waals surface area (Å²) in [6.45, 7) is 1.64. The van der Waals surface area contributed by atoms with Crippen molar-refractivity contribution in [1.29, 1.82) is 0 Å². The molecule has 0 saturated heterocycles. The Kier molecular flexibility index (Phi) is 3.65. The van der Waals surface area contributed by atoms with Gasteiger partial charge in [0, 0.05) is 6.07 Å². The zero-order chi connectivity index (χ0) is 14.7. The lowest BCUT2D eigenvalue weighted by atomic mass is 10.2. The van der Waals surface area contributed by atoms with Crippen LogP contribution >= 0.6 is 0 Å². The van der Waals surface area contributed by atoms with E-state index < -0.39 is 10.8 Å². The van der Waals surface area contributed by atoms with Gasteiger partial charge >= 0.3 is 0 Å². The van der Waals surface area contributed by atoms with Crippen molar-refractivity contribution >= 4 is 17.3 Å². The number of hydrogen-bond donors (Lipinski definition) is 1. The van der Waals surface area contributed by atoms with Crippen LogP contribution in [0.2, 0.25) is 0 Å². The molecule has 0 bridgehead atoms. The number of aromatic nitrogens is 1. The van der Waals surface area contributed by atoms with Crippen molar-refractivity contribution in [3.05, 3.63) is 45.8 Å². The highest BCUT2D eigenvalue weighted by Gasteiger charge is 2.19. The summed E-state index contributed by atoms with van der Waals surface area (Å²) in [5.41, 5.74) is -0.160. The third kappa shape index (κ3) is 2.74. The first-order valence-corrected chi connectivity index (χ1v) is 5.58. The van der Waals surface area contributed by atoms with Gasteiger partial charge < -0.3 is 14.6 Å². The number of nitrogens with zero attached hydrogens (tertiary/aromatic N) is 2. The lowest BCUT2D eigenvalue weighted by Crippen LogP contribution is -2.13. The van der Waals surface area contributed by atoms with E-state index in [1.54, 1.807) is 6.92 Å². The van der Waals surface area contributed by atoms with Crippen molar-refractivity contribution in [3.63, 3.8) is 0 Å². The Balaban J connectivity index is 2.29. The van der Waals surface area contributed by atoms with Gasteiger partial charge in [0.15, 0.2) is 5.69 Å². The maximum absolute atomic E-state index is 11.9. The molecule has 0 atom stereocenters. The maximum Gasteiger partial charge on any atom is 0.296 e. The average Bonchev–Trinajstić information content (AvgIpc) is 2.85. The quantitative estimate of drug-likeness (QED) is 0.677. The maximum atomic E-state index is 11.9. The zero-order valence-electron chi connectivity index (χ0n) is 10.7. The van der Waals surface area contributed by atoms with E-state index in [-0.39, 0.29) is 17.1 Å². The molecule has 0 fully saturated rings. The molecule has 1 aromatic carbocycles. The predicted octanol–water partition coefficient (Wildman–Crippen LogP) is 2.15. The van der Waals surface area contributed by atoms with Gasteiger partial charge in [-0.25, -0.2) is 0 Å². The van der Waals surface area contributed by atoms with Gasteiger partial charge in [0.1, 0.15) is 17.2 Å². The highest BCUT2D eigenvalue weighted by molar-refractivity contribution is 6.04. The van der Waals surface area contributed by atoms with Gasteiger partial charge in [0.25, 0.3) is 11.6 Å². The molecular weight excluding hydrogens is 266 g/mol. The Morgan fingerprint density at radius 1 is 1.45 bits per heavy atom. The van der Waals surface area contributed by atoms with Gasteiger partial charge in [-0.2, -0.15) is 0 Å². The summed E-state index contributed by atoms with van der Waals surface area (Å²) in [5, 5.41) is 16.9. The van der Waals surface area contributed by atoms with Crippen LogP contribution in [0.15, 0.2) is 28.8 Å². The van der Waals surface area contributed by atoms with Crippen LogP contribution in [0.4, 0.5) is 11.4 Å². The summed E-state index contributed by atoms with van der Waals surface area (Å²) in [6.07, 6.45) is 0. The second-order valence-electron chi connectivity index (χ2n) is 3.92. The Labute approximate surface area is 113 Å². The first-order chi connectivity index (χ1) is 9.51. The van der Waals surface area contributed by atoms with Crippen LogP contribution in [-0.4, -0.2) is 23.1 Å². The van der Waals surface area contributed by atoms with Gasteiger partial charge in [-0.3, -0.25) is 14.9 Å². The molecule has 1 aromatic heterocycles. The predicted molar refractivity (Wildman–Crippen MR) is 68.8 cm³/mol. The van der Waals surface area contributed by atoms with E-state index in [2.05, 4.69) is 10.5 Å². The lowest BCUT2D eigenvalue weighted by molar-refractivity contribution is -0.384. The van der Waals surface area contributed by atoms with Crippen LogP contribution in [-0.2, 0) is 0 Å². The number of rotatable bonds is 4. The van der Waals surface area contributed by atoms with E-state index in [0.717, 1.165) is 0 Å². The standard InChI is InChI=1S/C12H11N3O5/c1-7-5-10(14-20-7)12(16)13-9-4-3-8(19-2)6-11(9)15(17)18/h3-6H,1-2H3,(H,13,16). The fourth-order valence-electron chi connectivity index (χ4n) is 1.55. The van der Waals surface area contributed by atoms with Gasteiger partial charge in [0.2, 0.25) is 0 Å². The Hall–Kier alpha value is -2.90. The molecule has 1 N–H and O–H groups in total. The monoisotopic (exact) mass is 277 g/mol. The first-order valence-electron chi connectivity index (χ1n) is 5.58. The largest absolute Gasteiger partial charge is 0.496 e. The summed E-state index contributed by atoms with van der Waals surface area (Å²) in [6, 6.07) is 5.56. The van der Waals surface area contributed by atoms with Crippen LogP contribution in [0.25, 0.3) is 0 Å². The first kappa shape index (κ1) is 13.5. The molecule has 2 aromatic rings. The molecule has 8 heteroatoms. The smallest absolute Gasteiger partial charge is 0.296 e. The average molecular weight is 277 g/mol. The molecule has 1 heterocycles. The Morgan fingerprint density at radius 3 is 2.75 bits per heavy atom. The molecule has 0 aliphatic heterocycles.